The van der Waals surface area contributed by atoms with Crippen LogP contribution in [0.1, 0.15) is 0 Å². The summed E-state index contributed by atoms with van der Waals surface area (Å²) in [6.45, 7) is 0.292. The van der Waals surface area contributed by atoms with Crippen LogP contribution >= 0.6 is 27.5 Å². The smallest absolute Gasteiger partial charge is 0.243 e. The summed E-state index contributed by atoms with van der Waals surface area (Å²) in [5, 5.41) is 0.203. The molecule has 0 spiro atoms. The van der Waals surface area contributed by atoms with Gasteiger partial charge < -0.3 is 0 Å². The molecule has 1 aromatic heterocycles. The molecule has 1 fully saturated rings. The van der Waals surface area contributed by atoms with E-state index in [2.05, 4.69) is 20.9 Å². The first-order valence-electron chi connectivity index (χ1n) is 7.59. The van der Waals surface area contributed by atoms with E-state index < -0.39 is 20.0 Å². The quantitative estimate of drug-likeness (QED) is 0.626. The van der Waals surface area contributed by atoms with Gasteiger partial charge in [0.15, 0.2) is 0 Å². The third-order valence-electron chi connectivity index (χ3n) is 3.97. The van der Waals surface area contributed by atoms with Crippen molar-refractivity contribution in [3.05, 3.63) is 52.2 Å². The highest BCUT2D eigenvalue weighted by Gasteiger charge is 2.33. The first kappa shape index (κ1) is 19.7. The van der Waals surface area contributed by atoms with Gasteiger partial charge in [-0.1, -0.05) is 33.6 Å². The lowest BCUT2D eigenvalue weighted by Gasteiger charge is -2.33. The zero-order chi connectivity index (χ0) is 18.9. The zero-order valence-electron chi connectivity index (χ0n) is 13.4. The van der Waals surface area contributed by atoms with Crippen molar-refractivity contribution < 1.29 is 16.8 Å². The summed E-state index contributed by atoms with van der Waals surface area (Å²) < 4.78 is 53.9. The summed E-state index contributed by atoms with van der Waals surface area (Å²) in [4.78, 5) is 4.00. The average Bonchev–Trinajstić information content (AvgIpc) is 2.62. The van der Waals surface area contributed by atoms with Crippen molar-refractivity contribution in [3.63, 3.8) is 0 Å². The summed E-state index contributed by atoms with van der Waals surface area (Å²) in [5.41, 5.74) is 0. The molecule has 2 heterocycles. The molecule has 0 N–H and O–H groups in total. The largest absolute Gasteiger partial charge is 0.244 e. The number of hydrogen-bond acceptors (Lipinski definition) is 5. The number of aromatic nitrogens is 1. The first-order valence-corrected chi connectivity index (χ1v) is 11.6. The highest BCUT2D eigenvalue weighted by Crippen LogP contribution is 2.23. The summed E-state index contributed by atoms with van der Waals surface area (Å²) in [5.74, 6) is 0. The number of nitrogens with zero attached hydrogens (tertiary/aromatic N) is 3. The summed E-state index contributed by atoms with van der Waals surface area (Å²) in [7, 11) is -7.41. The standard InChI is InChI=1S/C15H15BrClN3O4S2/c16-12-2-1-3-13(10-12)25(21,22)19-6-8-20(9-7-19)26(23,24)14-4-5-15(17)18-11-14/h1-5,10-11H,6-9H2. The fraction of sp³-hybridized carbons (Fsp3) is 0.267. The van der Waals surface area contributed by atoms with Crippen molar-refractivity contribution in [1.29, 1.82) is 0 Å². The number of rotatable bonds is 4. The molecule has 0 amide bonds. The second-order valence-corrected chi connectivity index (χ2v) is 10.8. The lowest BCUT2D eigenvalue weighted by atomic mass is 10.4. The highest BCUT2D eigenvalue weighted by molar-refractivity contribution is 9.10. The maximum atomic E-state index is 12.7. The Morgan fingerprint density at radius 3 is 1.96 bits per heavy atom. The Labute approximate surface area is 165 Å². The van der Waals surface area contributed by atoms with E-state index in [1.165, 1.54) is 39.1 Å². The number of hydrogen-bond donors (Lipinski definition) is 0. The van der Waals surface area contributed by atoms with Crippen LogP contribution < -0.4 is 0 Å². The fourth-order valence-corrected chi connectivity index (χ4v) is 6.09. The Bertz CT molecular complexity index is 1010. The molecule has 26 heavy (non-hydrogen) atoms. The number of piperazine rings is 1. The van der Waals surface area contributed by atoms with Crippen LogP contribution in [0.3, 0.4) is 0 Å². The van der Waals surface area contributed by atoms with Gasteiger partial charge in [-0.25, -0.2) is 21.8 Å². The van der Waals surface area contributed by atoms with E-state index in [-0.39, 0.29) is 41.1 Å². The Balaban J connectivity index is 1.75. The molecule has 0 aliphatic carbocycles. The number of pyridine rings is 1. The number of benzene rings is 1. The molecule has 7 nitrogen and oxygen atoms in total. The molecule has 140 valence electrons. The van der Waals surface area contributed by atoms with Crippen LogP contribution in [0.15, 0.2) is 56.9 Å². The molecule has 0 radical (unpaired) electrons. The third-order valence-corrected chi connectivity index (χ3v) is 8.46. The van der Waals surface area contributed by atoms with E-state index in [1.807, 2.05) is 0 Å². The van der Waals surface area contributed by atoms with Gasteiger partial charge in [-0.2, -0.15) is 8.61 Å². The predicted octanol–water partition coefficient (Wildman–Crippen LogP) is 2.19. The molecule has 1 aliphatic rings. The van der Waals surface area contributed by atoms with E-state index in [4.69, 9.17) is 11.6 Å². The Morgan fingerprint density at radius 2 is 1.46 bits per heavy atom. The van der Waals surface area contributed by atoms with Crippen LogP contribution in [0.25, 0.3) is 0 Å². The van der Waals surface area contributed by atoms with Crippen LogP contribution in [0.4, 0.5) is 0 Å². The minimum atomic E-state index is -3.74. The second-order valence-electron chi connectivity index (χ2n) is 5.58. The van der Waals surface area contributed by atoms with Gasteiger partial charge in [-0.15, -0.1) is 0 Å². The van der Waals surface area contributed by atoms with Gasteiger partial charge >= 0.3 is 0 Å². The van der Waals surface area contributed by atoms with E-state index in [9.17, 15) is 16.8 Å². The average molecular weight is 481 g/mol. The van der Waals surface area contributed by atoms with E-state index in [1.54, 1.807) is 12.1 Å². The summed E-state index contributed by atoms with van der Waals surface area (Å²) in [6.07, 6.45) is 1.20. The van der Waals surface area contributed by atoms with Crippen molar-refractivity contribution in [2.45, 2.75) is 9.79 Å². The third kappa shape index (κ3) is 3.95. The van der Waals surface area contributed by atoms with Crippen LogP contribution in [0.5, 0.6) is 0 Å². The molecule has 0 saturated carbocycles. The molecule has 1 aliphatic heterocycles. The maximum absolute atomic E-state index is 12.7. The monoisotopic (exact) mass is 479 g/mol. The van der Waals surface area contributed by atoms with Crippen LogP contribution in [0.2, 0.25) is 5.15 Å². The van der Waals surface area contributed by atoms with Crippen molar-refractivity contribution >= 4 is 47.6 Å². The molecule has 0 unspecified atom stereocenters. The summed E-state index contributed by atoms with van der Waals surface area (Å²) in [6, 6.07) is 9.22. The normalized spacial score (nSPS) is 17.3. The zero-order valence-corrected chi connectivity index (χ0v) is 17.4. The van der Waals surface area contributed by atoms with Gasteiger partial charge in [0.1, 0.15) is 10.0 Å². The van der Waals surface area contributed by atoms with E-state index in [0.29, 0.717) is 4.47 Å². The lowest BCUT2D eigenvalue weighted by molar-refractivity contribution is 0.273. The molecule has 11 heteroatoms. The van der Waals surface area contributed by atoms with Crippen LogP contribution in [-0.2, 0) is 20.0 Å². The van der Waals surface area contributed by atoms with Crippen molar-refractivity contribution in [2.24, 2.45) is 0 Å². The minimum absolute atomic E-state index is 0.0326. The van der Waals surface area contributed by atoms with Gasteiger partial charge in [-0.05, 0) is 30.3 Å². The molecular weight excluding hydrogens is 466 g/mol. The fourth-order valence-electron chi connectivity index (χ4n) is 2.59. The first-order chi connectivity index (χ1) is 12.2. The highest BCUT2D eigenvalue weighted by atomic mass is 79.9. The molecule has 1 aromatic carbocycles. The van der Waals surface area contributed by atoms with Crippen LogP contribution in [0, 0.1) is 0 Å². The van der Waals surface area contributed by atoms with E-state index in [0.717, 1.165) is 0 Å². The van der Waals surface area contributed by atoms with Gasteiger partial charge in [0.2, 0.25) is 20.0 Å². The molecule has 2 aromatic rings. The topological polar surface area (TPSA) is 87.7 Å². The van der Waals surface area contributed by atoms with Gasteiger partial charge in [0, 0.05) is 36.8 Å². The Kier molecular flexibility index (Phi) is 5.71. The minimum Gasteiger partial charge on any atom is -0.243 e. The van der Waals surface area contributed by atoms with Gasteiger partial charge in [0.05, 0.1) is 4.90 Å². The van der Waals surface area contributed by atoms with Gasteiger partial charge in [0.25, 0.3) is 0 Å². The molecule has 0 atom stereocenters. The Morgan fingerprint density at radius 1 is 0.885 bits per heavy atom. The lowest BCUT2D eigenvalue weighted by Crippen LogP contribution is -2.50. The van der Waals surface area contributed by atoms with Gasteiger partial charge in [-0.3, -0.25) is 0 Å². The molecule has 0 bridgehead atoms. The maximum Gasteiger partial charge on any atom is 0.244 e. The van der Waals surface area contributed by atoms with Crippen molar-refractivity contribution in [3.8, 4) is 0 Å². The van der Waals surface area contributed by atoms with Crippen molar-refractivity contribution in [1.82, 2.24) is 13.6 Å². The molecule has 1 saturated heterocycles. The predicted molar refractivity (Wildman–Crippen MR) is 101 cm³/mol. The second kappa shape index (κ2) is 7.53. The van der Waals surface area contributed by atoms with Crippen LogP contribution in [-0.4, -0.2) is 56.6 Å². The van der Waals surface area contributed by atoms with Crippen molar-refractivity contribution in [2.75, 3.05) is 26.2 Å². The SMILES string of the molecule is O=S(=O)(c1ccc(Cl)nc1)N1CCN(S(=O)(=O)c2cccc(Br)c2)CC1. The number of sulfonamides is 2. The summed E-state index contributed by atoms with van der Waals surface area (Å²) >= 11 is 8.95. The number of halogens is 2. The molecule has 3 rings (SSSR count). The van der Waals surface area contributed by atoms with E-state index >= 15 is 0 Å². The Hall–Kier alpha value is -1.04. The molecular formula is C15H15BrClN3O4S2.